The topological polar surface area (TPSA) is 84.2 Å². The number of carbonyl (C=O) groups is 2. The first-order valence-electron chi connectivity index (χ1n) is 10.5. The summed E-state index contributed by atoms with van der Waals surface area (Å²) in [7, 11) is 0. The van der Waals surface area contributed by atoms with Crippen molar-refractivity contribution in [2.75, 3.05) is 17.6 Å². The number of nitrogens with zero attached hydrogens (tertiary/aromatic N) is 1. The zero-order valence-corrected chi connectivity index (χ0v) is 17.6. The van der Waals surface area contributed by atoms with Gasteiger partial charge in [0, 0.05) is 12.6 Å². The van der Waals surface area contributed by atoms with E-state index in [0.717, 1.165) is 30.7 Å². The fraction of sp³-hybridized carbons (Fsp3) is 0.762. The number of amides is 2. The van der Waals surface area contributed by atoms with Gasteiger partial charge in [0.25, 0.3) is 0 Å². The van der Waals surface area contributed by atoms with Crippen LogP contribution in [0.5, 0.6) is 0 Å². The number of thioether (sulfide) groups is 1. The molecule has 1 aromatic rings. The van der Waals surface area contributed by atoms with Gasteiger partial charge < -0.3 is 15.2 Å². The van der Waals surface area contributed by atoms with Crippen LogP contribution in [-0.2, 0) is 9.59 Å². The number of hydrogen-bond acceptors (Lipinski definition) is 5. The van der Waals surface area contributed by atoms with Crippen molar-refractivity contribution in [3.63, 3.8) is 0 Å². The lowest BCUT2D eigenvalue weighted by Gasteiger charge is -2.57. The summed E-state index contributed by atoms with van der Waals surface area (Å²) in [6, 6.07) is 1.67. The van der Waals surface area contributed by atoms with E-state index in [1.165, 1.54) is 50.3 Å². The molecule has 1 atom stereocenters. The van der Waals surface area contributed by atoms with Gasteiger partial charge in [-0.3, -0.25) is 9.59 Å². The zero-order chi connectivity index (χ0) is 19.7. The summed E-state index contributed by atoms with van der Waals surface area (Å²) in [5.41, 5.74) is 0.498. The summed E-state index contributed by atoms with van der Waals surface area (Å²) < 4.78 is 4.94. The van der Waals surface area contributed by atoms with Crippen molar-refractivity contribution in [1.82, 2.24) is 10.5 Å². The van der Waals surface area contributed by atoms with E-state index in [4.69, 9.17) is 4.52 Å². The molecule has 4 saturated carbocycles. The third-order valence-corrected chi connectivity index (χ3v) is 8.00. The summed E-state index contributed by atoms with van der Waals surface area (Å²) in [5.74, 6) is 4.06. The molecule has 2 amide bonds. The van der Waals surface area contributed by atoms with E-state index in [-0.39, 0.29) is 17.1 Å². The van der Waals surface area contributed by atoms with Crippen LogP contribution in [-0.4, -0.2) is 34.5 Å². The third kappa shape index (κ3) is 4.56. The Morgan fingerprint density at radius 1 is 1.25 bits per heavy atom. The second-order valence-corrected chi connectivity index (χ2v) is 10.6. The normalized spacial score (nSPS) is 31.6. The van der Waals surface area contributed by atoms with E-state index in [0.29, 0.717) is 22.7 Å². The quantitative estimate of drug-likeness (QED) is 0.688. The van der Waals surface area contributed by atoms with Crippen LogP contribution < -0.4 is 10.6 Å². The molecule has 1 aromatic heterocycles. The van der Waals surface area contributed by atoms with Gasteiger partial charge in [0.1, 0.15) is 5.76 Å². The SMILES string of the molecule is Cc1cc(NC(=O)C(C)SCC(=O)NCCC23CC4CC(CC(C4)C2)C3)no1. The number of hydrogen-bond donors (Lipinski definition) is 2. The molecule has 0 radical (unpaired) electrons. The number of aromatic nitrogens is 1. The monoisotopic (exact) mass is 405 g/mol. The van der Waals surface area contributed by atoms with Crippen LogP contribution in [0.2, 0.25) is 0 Å². The van der Waals surface area contributed by atoms with Crippen molar-refractivity contribution in [3.8, 4) is 0 Å². The highest BCUT2D eigenvalue weighted by Crippen LogP contribution is 2.61. The highest BCUT2D eigenvalue weighted by molar-refractivity contribution is 8.01. The lowest BCUT2D eigenvalue weighted by Crippen LogP contribution is -2.47. The van der Waals surface area contributed by atoms with Crippen LogP contribution in [0.3, 0.4) is 0 Å². The summed E-state index contributed by atoms with van der Waals surface area (Å²) in [6.07, 6.45) is 9.61. The van der Waals surface area contributed by atoms with E-state index in [9.17, 15) is 9.59 Å². The van der Waals surface area contributed by atoms with Crippen LogP contribution in [0.25, 0.3) is 0 Å². The Hall–Kier alpha value is -1.50. The summed E-state index contributed by atoms with van der Waals surface area (Å²) in [5, 5.41) is 9.22. The Morgan fingerprint density at radius 3 is 2.46 bits per heavy atom. The number of aryl methyl sites for hydroxylation is 1. The highest BCUT2D eigenvalue weighted by Gasteiger charge is 2.50. The third-order valence-electron chi connectivity index (χ3n) is 6.86. The van der Waals surface area contributed by atoms with Gasteiger partial charge in [-0.15, -0.1) is 11.8 Å². The predicted molar refractivity (Wildman–Crippen MR) is 110 cm³/mol. The Labute approximate surface area is 170 Å². The molecule has 4 aliphatic carbocycles. The maximum absolute atomic E-state index is 12.2. The van der Waals surface area contributed by atoms with Gasteiger partial charge >= 0.3 is 0 Å². The first-order chi connectivity index (χ1) is 13.4. The van der Waals surface area contributed by atoms with Crippen molar-refractivity contribution in [2.24, 2.45) is 23.2 Å². The van der Waals surface area contributed by atoms with Gasteiger partial charge in [-0.25, -0.2) is 0 Å². The molecule has 0 aliphatic heterocycles. The second-order valence-electron chi connectivity index (χ2n) is 9.28. The van der Waals surface area contributed by atoms with Crippen molar-refractivity contribution < 1.29 is 14.1 Å². The number of nitrogens with one attached hydrogen (secondary N) is 2. The van der Waals surface area contributed by atoms with Crippen LogP contribution in [0.4, 0.5) is 5.82 Å². The molecule has 5 rings (SSSR count). The average molecular weight is 406 g/mol. The van der Waals surface area contributed by atoms with Gasteiger partial charge in [-0.2, -0.15) is 0 Å². The molecule has 28 heavy (non-hydrogen) atoms. The van der Waals surface area contributed by atoms with Crippen molar-refractivity contribution in [2.45, 2.75) is 64.0 Å². The summed E-state index contributed by atoms with van der Waals surface area (Å²) in [6.45, 7) is 4.34. The highest BCUT2D eigenvalue weighted by atomic mass is 32.2. The lowest BCUT2D eigenvalue weighted by molar-refractivity contribution is -0.119. The fourth-order valence-corrected chi connectivity index (χ4v) is 6.76. The minimum atomic E-state index is -0.328. The minimum absolute atomic E-state index is 0.0201. The van der Waals surface area contributed by atoms with Gasteiger partial charge in [0.2, 0.25) is 11.8 Å². The van der Waals surface area contributed by atoms with Gasteiger partial charge in [-0.05, 0) is 82.0 Å². The molecular formula is C21H31N3O3S. The van der Waals surface area contributed by atoms with Gasteiger partial charge in [0.05, 0.1) is 11.0 Å². The van der Waals surface area contributed by atoms with Crippen LogP contribution in [0.15, 0.2) is 10.6 Å². The summed E-state index contributed by atoms with van der Waals surface area (Å²) in [4.78, 5) is 24.4. The van der Waals surface area contributed by atoms with E-state index in [1.54, 1.807) is 19.9 Å². The molecule has 4 bridgehead atoms. The molecule has 6 nitrogen and oxygen atoms in total. The van der Waals surface area contributed by atoms with E-state index >= 15 is 0 Å². The molecule has 7 heteroatoms. The second kappa shape index (κ2) is 8.09. The molecule has 0 spiro atoms. The van der Waals surface area contributed by atoms with E-state index < -0.39 is 0 Å². The number of rotatable bonds is 8. The smallest absolute Gasteiger partial charge is 0.238 e. The molecule has 154 valence electrons. The molecular weight excluding hydrogens is 374 g/mol. The Morgan fingerprint density at radius 2 is 1.89 bits per heavy atom. The summed E-state index contributed by atoms with van der Waals surface area (Å²) >= 11 is 1.35. The average Bonchev–Trinajstić information content (AvgIpc) is 3.03. The zero-order valence-electron chi connectivity index (χ0n) is 16.8. The van der Waals surface area contributed by atoms with Crippen molar-refractivity contribution in [3.05, 3.63) is 11.8 Å². The maximum Gasteiger partial charge on any atom is 0.238 e. The van der Waals surface area contributed by atoms with E-state index in [1.807, 2.05) is 0 Å². The first kappa shape index (κ1) is 19.8. The molecule has 0 aromatic carbocycles. The molecule has 2 N–H and O–H groups in total. The van der Waals surface area contributed by atoms with Gasteiger partial charge in [0.15, 0.2) is 5.82 Å². The Balaban J connectivity index is 1.15. The molecule has 0 saturated heterocycles. The van der Waals surface area contributed by atoms with Crippen molar-refractivity contribution in [1.29, 1.82) is 0 Å². The fourth-order valence-electron chi connectivity index (χ4n) is 6.04. The molecule has 1 heterocycles. The molecule has 4 aliphatic rings. The van der Waals surface area contributed by atoms with Crippen LogP contribution in [0.1, 0.15) is 57.6 Å². The lowest BCUT2D eigenvalue weighted by atomic mass is 9.49. The molecule has 4 fully saturated rings. The Bertz CT molecular complexity index is 697. The minimum Gasteiger partial charge on any atom is -0.360 e. The van der Waals surface area contributed by atoms with Crippen LogP contribution >= 0.6 is 11.8 Å². The largest absolute Gasteiger partial charge is 0.360 e. The predicted octanol–water partition coefficient (Wildman–Crippen LogP) is 3.77. The van der Waals surface area contributed by atoms with Crippen molar-refractivity contribution >= 4 is 29.4 Å². The Kier molecular flexibility index (Phi) is 5.72. The van der Waals surface area contributed by atoms with E-state index in [2.05, 4.69) is 15.8 Å². The number of carbonyl (C=O) groups excluding carboxylic acids is 2. The standard InChI is InChI=1S/C21H31N3O3S/c1-13-5-18(24-27-13)23-20(26)14(2)28-12-19(25)22-4-3-21-9-15-6-16(10-21)8-17(7-15)11-21/h5,14-17H,3-4,6-12H2,1-2H3,(H,22,25)(H,23,24,26). The first-order valence-corrected chi connectivity index (χ1v) is 11.6. The number of anilines is 1. The van der Waals surface area contributed by atoms with Crippen LogP contribution in [0, 0.1) is 30.1 Å². The van der Waals surface area contributed by atoms with Gasteiger partial charge in [-0.1, -0.05) is 5.16 Å². The maximum atomic E-state index is 12.2. The molecule has 1 unspecified atom stereocenters.